The Morgan fingerprint density at radius 1 is 1.50 bits per heavy atom. The fraction of sp³-hybridized carbons (Fsp3) is 1.00. The summed E-state index contributed by atoms with van der Waals surface area (Å²) in [5.41, 5.74) is 2.91. The second kappa shape index (κ2) is 5.84. The molecule has 0 aromatic carbocycles. The van der Waals surface area contributed by atoms with E-state index in [2.05, 4.69) is 11.7 Å². The van der Waals surface area contributed by atoms with Gasteiger partial charge in [-0.05, 0) is 37.2 Å². The van der Waals surface area contributed by atoms with Gasteiger partial charge in [-0.25, -0.2) is 0 Å². The van der Waals surface area contributed by atoms with E-state index in [0.717, 1.165) is 5.92 Å². The average molecular weight is 188 g/mol. The second-order valence-corrected chi connectivity index (χ2v) is 4.65. The molecule has 0 aromatic heterocycles. The van der Waals surface area contributed by atoms with E-state index in [0.29, 0.717) is 6.04 Å². The minimum atomic E-state index is 0.554. The summed E-state index contributed by atoms with van der Waals surface area (Å²) in [5, 5.41) is 0. The van der Waals surface area contributed by atoms with Crippen LogP contribution in [-0.2, 0) is 0 Å². The van der Waals surface area contributed by atoms with Crippen LogP contribution in [0.4, 0.5) is 0 Å². The number of nitrogens with one attached hydrogen (secondary N) is 1. The smallest absolute Gasteiger partial charge is 0.0218 e. The molecule has 12 heavy (non-hydrogen) atoms. The van der Waals surface area contributed by atoms with Crippen molar-refractivity contribution < 1.29 is 0 Å². The Morgan fingerprint density at radius 3 is 2.75 bits per heavy atom. The fourth-order valence-electron chi connectivity index (χ4n) is 1.41. The topological polar surface area (TPSA) is 38.0 Å². The predicted octanol–water partition coefficient (Wildman–Crippen LogP) is 1.76. The molecule has 0 saturated heterocycles. The summed E-state index contributed by atoms with van der Waals surface area (Å²) in [7, 11) is 0. The molecule has 3 N–H and O–H groups in total. The Kier molecular flexibility index (Phi) is 5.04. The Bertz CT molecular complexity index is 115. The highest BCUT2D eigenvalue weighted by Gasteiger charge is 2.21. The van der Waals surface area contributed by atoms with Crippen molar-refractivity contribution in [3.05, 3.63) is 0 Å². The van der Waals surface area contributed by atoms with Crippen LogP contribution in [0.2, 0.25) is 0 Å². The highest BCUT2D eigenvalue weighted by Crippen LogP contribution is 2.34. The van der Waals surface area contributed by atoms with E-state index in [1.54, 1.807) is 0 Å². The second-order valence-electron chi connectivity index (χ2n) is 3.67. The molecule has 1 saturated carbocycles. The molecule has 1 fully saturated rings. The molecule has 0 radical (unpaired) electrons. The quantitative estimate of drug-likeness (QED) is 0.472. The van der Waals surface area contributed by atoms with Crippen LogP contribution in [0.25, 0.3) is 0 Å². The van der Waals surface area contributed by atoms with E-state index in [1.165, 1.54) is 37.9 Å². The molecule has 2 nitrogen and oxygen atoms in total. The summed E-state index contributed by atoms with van der Waals surface area (Å²) in [6, 6.07) is 0.554. The first-order valence-electron chi connectivity index (χ1n) is 4.82. The lowest BCUT2D eigenvalue weighted by molar-refractivity contribution is 0.456. The van der Waals surface area contributed by atoms with Crippen molar-refractivity contribution in [3.8, 4) is 0 Å². The lowest BCUT2D eigenvalue weighted by Gasteiger charge is -2.14. The van der Waals surface area contributed by atoms with Gasteiger partial charge in [0.15, 0.2) is 0 Å². The number of nitrogens with two attached hydrogens (primary N) is 1. The molecule has 1 aliphatic rings. The molecule has 72 valence electrons. The monoisotopic (exact) mass is 188 g/mol. The third-order valence-electron chi connectivity index (χ3n) is 2.53. The molecule has 1 rings (SSSR count). The van der Waals surface area contributed by atoms with Crippen molar-refractivity contribution in [1.29, 1.82) is 0 Å². The molecule has 1 unspecified atom stereocenters. The Labute approximate surface area is 79.6 Å². The van der Waals surface area contributed by atoms with Crippen LogP contribution in [0.5, 0.6) is 0 Å². The summed E-state index contributed by atoms with van der Waals surface area (Å²) >= 11 is 1.90. The van der Waals surface area contributed by atoms with Crippen LogP contribution in [0.1, 0.15) is 32.1 Å². The average Bonchev–Trinajstić information content (AvgIpc) is 2.89. The van der Waals surface area contributed by atoms with Crippen molar-refractivity contribution in [3.63, 3.8) is 0 Å². The van der Waals surface area contributed by atoms with Crippen molar-refractivity contribution in [1.82, 2.24) is 5.43 Å². The van der Waals surface area contributed by atoms with Gasteiger partial charge in [0, 0.05) is 6.04 Å². The number of thioether (sulfide) groups is 1. The van der Waals surface area contributed by atoms with Gasteiger partial charge in [0.05, 0.1) is 0 Å². The van der Waals surface area contributed by atoms with Crippen LogP contribution < -0.4 is 11.3 Å². The highest BCUT2D eigenvalue weighted by atomic mass is 32.2. The molecule has 1 aliphatic carbocycles. The van der Waals surface area contributed by atoms with Gasteiger partial charge in [0.2, 0.25) is 0 Å². The van der Waals surface area contributed by atoms with Crippen molar-refractivity contribution in [2.24, 2.45) is 11.8 Å². The first-order chi connectivity index (χ1) is 5.86. The van der Waals surface area contributed by atoms with Gasteiger partial charge < -0.3 is 0 Å². The third kappa shape index (κ3) is 4.33. The maximum atomic E-state index is 5.46. The summed E-state index contributed by atoms with van der Waals surface area (Å²) in [6.07, 6.45) is 8.92. The normalized spacial score (nSPS) is 19.5. The molecule has 1 atom stereocenters. The number of hydrogen-bond donors (Lipinski definition) is 2. The summed E-state index contributed by atoms with van der Waals surface area (Å²) in [6.45, 7) is 0. The van der Waals surface area contributed by atoms with Gasteiger partial charge in [0.1, 0.15) is 0 Å². The first-order valence-corrected chi connectivity index (χ1v) is 6.21. The van der Waals surface area contributed by atoms with Crippen LogP contribution >= 0.6 is 11.8 Å². The molecule has 3 heteroatoms. The van der Waals surface area contributed by atoms with Gasteiger partial charge in [-0.2, -0.15) is 11.8 Å². The molecular formula is C9H20N2S. The molecular weight excluding hydrogens is 168 g/mol. The fourth-order valence-corrected chi connectivity index (χ4v) is 1.93. The maximum absolute atomic E-state index is 5.46. The molecule has 0 heterocycles. The van der Waals surface area contributed by atoms with Crippen molar-refractivity contribution in [2.75, 3.05) is 12.0 Å². The third-order valence-corrected chi connectivity index (χ3v) is 3.17. The largest absolute Gasteiger partial charge is 0.271 e. The zero-order chi connectivity index (χ0) is 8.81. The molecule has 0 amide bonds. The summed E-state index contributed by atoms with van der Waals surface area (Å²) < 4.78 is 0. The maximum Gasteiger partial charge on any atom is 0.0218 e. The summed E-state index contributed by atoms with van der Waals surface area (Å²) in [5.74, 6) is 7.72. The highest BCUT2D eigenvalue weighted by molar-refractivity contribution is 7.98. The summed E-state index contributed by atoms with van der Waals surface area (Å²) in [4.78, 5) is 0. The molecule has 0 aliphatic heterocycles. The van der Waals surface area contributed by atoms with E-state index >= 15 is 0 Å². The first kappa shape index (κ1) is 10.4. The van der Waals surface area contributed by atoms with E-state index in [1.807, 2.05) is 11.8 Å². The molecule has 0 spiro atoms. The number of hydrazine groups is 1. The lowest BCUT2D eigenvalue weighted by atomic mass is 10.1. The lowest BCUT2D eigenvalue weighted by Crippen LogP contribution is -2.35. The van der Waals surface area contributed by atoms with Crippen LogP contribution in [0.15, 0.2) is 0 Å². The predicted molar refractivity (Wildman–Crippen MR) is 56.1 cm³/mol. The van der Waals surface area contributed by atoms with Crippen molar-refractivity contribution in [2.45, 2.75) is 38.1 Å². The van der Waals surface area contributed by atoms with Gasteiger partial charge in [-0.15, -0.1) is 0 Å². The number of hydrogen-bond acceptors (Lipinski definition) is 3. The van der Waals surface area contributed by atoms with Crippen LogP contribution in [0, 0.1) is 5.92 Å². The minimum Gasteiger partial charge on any atom is -0.271 e. The Balaban J connectivity index is 1.98. The number of rotatable bonds is 7. The SMILES string of the molecule is CSCCC(CCC1CC1)NN. The van der Waals surface area contributed by atoms with E-state index in [4.69, 9.17) is 5.84 Å². The zero-order valence-electron chi connectivity index (χ0n) is 7.88. The minimum absolute atomic E-state index is 0.554. The Morgan fingerprint density at radius 2 is 2.25 bits per heavy atom. The molecule has 0 bridgehead atoms. The van der Waals surface area contributed by atoms with Gasteiger partial charge in [0.25, 0.3) is 0 Å². The zero-order valence-corrected chi connectivity index (χ0v) is 8.70. The standard InChI is InChI=1S/C9H20N2S/c1-12-7-6-9(11-10)5-4-8-2-3-8/h8-9,11H,2-7,10H2,1H3. The van der Waals surface area contributed by atoms with E-state index in [-0.39, 0.29) is 0 Å². The van der Waals surface area contributed by atoms with Gasteiger partial charge >= 0.3 is 0 Å². The van der Waals surface area contributed by atoms with Gasteiger partial charge in [-0.1, -0.05) is 12.8 Å². The van der Waals surface area contributed by atoms with Crippen molar-refractivity contribution >= 4 is 11.8 Å². The van der Waals surface area contributed by atoms with Gasteiger partial charge in [-0.3, -0.25) is 11.3 Å². The van der Waals surface area contributed by atoms with E-state index < -0.39 is 0 Å². The van der Waals surface area contributed by atoms with Crippen LogP contribution in [-0.4, -0.2) is 18.1 Å². The van der Waals surface area contributed by atoms with Crippen LogP contribution in [0.3, 0.4) is 0 Å². The van der Waals surface area contributed by atoms with E-state index in [9.17, 15) is 0 Å². The Hall–Kier alpha value is 0.270. The molecule has 0 aromatic rings.